The van der Waals surface area contributed by atoms with Gasteiger partial charge in [-0.15, -0.1) is 0 Å². The van der Waals surface area contributed by atoms with E-state index < -0.39 is 10.2 Å². The van der Waals surface area contributed by atoms with Crippen LogP contribution < -0.4 is 0 Å². The number of aliphatic hydroxyl groups excluding tert-OH is 1. The van der Waals surface area contributed by atoms with Crippen molar-refractivity contribution < 1.29 is 13.5 Å². The smallest absolute Gasteiger partial charge is 0.281 e. The normalized spacial score (nSPS) is 26.4. The van der Waals surface area contributed by atoms with Crippen molar-refractivity contribution in [3.8, 4) is 0 Å². The van der Waals surface area contributed by atoms with E-state index in [0.29, 0.717) is 32.1 Å². The maximum absolute atomic E-state index is 12.4. The van der Waals surface area contributed by atoms with E-state index in [1.54, 1.807) is 11.4 Å². The quantitative estimate of drug-likeness (QED) is 0.756. The van der Waals surface area contributed by atoms with E-state index >= 15 is 0 Å². The van der Waals surface area contributed by atoms with Crippen LogP contribution in [0.4, 0.5) is 0 Å². The van der Waals surface area contributed by atoms with E-state index in [9.17, 15) is 8.42 Å². The van der Waals surface area contributed by atoms with Crippen LogP contribution in [0.2, 0.25) is 0 Å². The predicted octanol–water partition coefficient (Wildman–Crippen LogP) is 0.106. The maximum atomic E-state index is 12.4. The minimum absolute atomic E-state index is 0.0241. The van der Waals surface area contributed by atoms with Gasteiger partial charge in [0.2, 0.25) is 0 Å². The van der Waals surface area contributed by atoms with E-state index in [1.807, 2.05) is 0 Å². The van der Waals surface area contributed by atoms with Crippen LogP contribution in [0.1, 0.15) is 32.1 Å². The first-order chi connectivity index (χ1) is 9.55. The molecule has 0 aromatic heterocycles. The zero-order chi connectivity index (χ0) is 14.6. The summed E-state index contributed by atoms with van der Waals surface area (Å²) in [5.74, 6) is 0. The molecule has 20 heavy (non-hydrogen) atoms. The summed E-state index contributed by atoms with van der Waals surface area (Å²) in [6.07, 6.45) is 5.20. The summed E-state index contributed by atoms with van der Waals surface area (Å²) in [4.78, 5) is 2.45. The Hall–Kier alpha value is -0.210. The molecule has 118 valence electrons. The molecule has 2 saturated heterocycles. The molecule has 7 heteroatoms. The molecular weight excluding hydrogens is 278 g/mol. The second-order valence-corrected chi connectivity index (χ2v) is 7.84. The number of piperidine rings is 1. The first-order valence-electron chi connectivity index (χ1n) is 7.62. The van der Waals surface area contributed by atoms with Gasteiger partial charge in [0.15, 0.2) is 0 Å². The van der Waals surface area contributed by atoms with Crippen molar-refractivity contribution in [1.82, 2.24) is 13.5 Å². The molecule has 0 aromatic rings. The summed E-state index contributed by atoms with van der Waals surface area (Å²) in [5, 5.41) is 8.82. The molecule has 2 aliphatic heterocycles. The Morgan fingerprint density at radius 2 is 1.90 bits per heavy atom. The first kappa shape index (κ1) is 16.2. The van der Waals surface area contributed by atoms with E-state index in [1.165, 1.54) is 23.6 Å². The molecule has 2 aliphatic rings. The van der Waals surface area contributed by atoms with Gasteiger partial charge < -0.3 is 5.11 Å². The fourth-order valence-electron chi connectivity index (χ4n) is 3.11. The van der Waals surface area contributed by atoms with Gasteiger partial charge in [0.05, 0.1) is 0 Å². The highest BCUT2D eigenvalue weighted by molar-refractivity contribution is 7.86. The van der Waals surface area contributed by atoms with Crippen LogP contribution in [-0.4, -0.2) is 79.5 Å². The monoisotopic (exact) mass is 305 g/mol. The molecule has 2 heterocycles. The number of hydrogen-bond donors (Lipinski definition) is 1. The van der Waals surface area contributed by atoms with Gasteiger partial charge in [-0.2, -0.15) is 17.0 Å². The molecule has 6 nitrogen and oxygen atoms in total. The fourth-order valence-corrected chi connectivity index (χ4v) is 4.56. The minimum atomic E-state index is -3.35. The van der Waals surface area contributed by atoms with Crippen LogP contribution in [0.15, 0.2) is 0 Å². The number of hydrogen-bond acceptors (Lipinski definition) is 4. The number of nitrogens with zero attached hydrogens (tertiary/aromatic N) is 3. The molecule has 0 amide bonds. The second kappa shape index (κ2) is 7.17. The highest BCUT2D eigenvalue weighted by atomic mass is 32.2. The molecule has 1 N–H and O–H groups in total. The maximum Gasteiger partial charge on any atom is 0.281 e. The van der Waals surface area contributed by atoms with Crippen molar-refractivity contribution in [2.45, 2.75) is 38.1 Å². The van der Waals surface area contributed by atoms with Gasteiger partial charge in [0, 0.05) is 39.3 Å². The van der Waals surface area contributed by atoms with E-state index in [0.717, 1.165) is 19.5 Å². The summed E-state index contributed by atoms with van der Waals surface area (Å²) >= 11 is 0. The Morgan fingerprint density at radius 3 is 2.55 bits per heavy atom. The molecule has 2 fully saturated rings. The van der Waals surface area contributed by atoms with Crippen molar-refractivity contribution in [3.05, 3.63) is 0 Å². The molecule has 0 spiro atoms. The van der Waals surface area contributed by atoms with Gasteiger partial charge in [-0.25, -0.2) is 0 Å². The third-order valence-electron chi connectivity index (χ3n) is 4.38. The van der Waals surface area contributed by atoms with Crippen LogP contribution in [0.25, 0.3) is 0 Å². The summed E-state index contributed by atoms with van der Waals surface area (Å²) in [5.41, 5.74) is 0. The molecule has 0 aliphatic carbocycles. The third kappa shape index (κ3) is 3.71. The van der Waals surface area contributed by atoms with Crippen molar-refractivity contribution in [1.29, 1.82) is 0 Å². The van der Waals surface area contributed by atoms with Gasteiger partial charge in [-0.05, 0) is 38.8 Å². The second-order valence-electron chi connectivity index (χ2n) is 5.80. The van der Waals surface area contributed by atoms with Gasteiger partial charge in [0.25, 0.3) is 10.2 Å². The SMILES string of the molecule is CN(CCCO)S(=O)(=O)N1CCC(N2CCCCC2)C1. The lowest BCUT2D eigenvalue weighted by Crippen LogP contribution is -2.44. The molecule has 0 radical (unpaired) electrons. The van der Waals surface area contributed by atoms with E-state index in [2.05, 4.69) is 4.90 Å². The van der Waals surface area contributed by atoms with Crippen LogP contribution in [0, 0.1) is 0 Å². The van der Waals surface area contributed by atoms with Crippen LogP contribution in [0.5, 0.6) is 0 Å². The molecular formula is C13H27N3O3S. The number of aliphatic hydroxyl groups is 1. The van der Waals surface area contributed by atoms with E-state index in [-0.39, 0.29) is 6.61 Å². The Balaban J connectivity index is 1.90. The van der Waals surface area contributed by atoms with Crippen molar-refractivity contribution >= 4 is 10.2 Å². The lowest BCUT2D eigenvalue weighted by atomic mass is 10.1. The van der Waals surface area contributed by atoms with Gasteiger partial charge in [-0.1, -0.05) is 6.42 Å². The third-order valence-corrected chi connectivity index (χ3v) is 6.34. The van der Waals surface area contributed by atoms with Crippen molar-refractivity contribution in [3.63, 3.8) is 0 Å². The highest BCUT2D eigenvalue weighted by Gasteiger charge is 2.36. The van der Waals surface area contributed by atoms with Crippen LogP contribution in [0.3, 0.4) is 0 Å². The van der Waals surface area contributed by atoms with Crippen molar-refractivity contribution in [2.24, 2.45) is 0 Å². The molecule has 2 rings (SSSR count). The average Bonchev–Trinajstić information content (AvgIpc) is 2.96. The van der Waals surface area contributed by atoms with Gasteiger partial charge >= 0.3 is 0 Å². The summed E-state index contributed by atoms with van der Waals surface area (Å²) in [7, 11) is -1.76. The lowest BCUT2D eigenvalue weighted by molar-refractivity contribution is 0.169. The zero-order valence-corrected chi connectivity index (χ0v) is 13.2. The number of rotatable bonds is 6. The molecule has 0 aromatic carbocycles. The van der Waals surface area contributed by atoms with Crippen molar-refractivity contribution in [2.75, 3.05) is 46.4 Å². The summed E-state index contributed by atoms with van der Waals surface area (Å²) in [6, 6.07) is 0.385. The van der Waals surface area contributed by atoms with Crippen LogP contribution >= 0.6 is 0 Å². The summed E-state index contributed by atoms with van der Waals surface area (Å²) < 4.78 is 27.8. The molecule has 0 saturated carbocycles. The number of likely N-dealkylation sites (tertiary alicyclic amines) is 1. The Bertz CT molecular complexity index is 396. The van der Waals surface area contributed by atoms with Gasteiger partial charge in [0.1, 0.15) is 0 Å². The fraction of sp³-hybridized carbons (Fsp3) is 1.00. The van der Waals surface area contributed by atoms with Crippen LogP contribution in [-0.2, 0) is 10.2 Å². The molecule has 1 unspecified atom stereocenters. The Kier molecular flexibility index (Phi) is 5.80. The largest absolute Gasteiger partial charge is 0.396 e. The minimum Gasteiger partial charge on any atom is -0.396 e. The average molecular weight is 305 g/mol. The summed E-state index contributed by atoms with van der Waals surface area (Å²) in [6.45, 7) is 3.86. The first-order valence-corrected chi connectivity index (χ1v) is 9.01. The molecule has 0 bridgehead atoms. The Labute approximate surface area is 122 Å². The van der Waals surface area contributed by atoms with E-state index in [4.69, 9.17) is 5.11 Å². The topological polar surface area (TPSA) is 64.1 Å². The Morgan fingerprint density at radius 1 is 1.20 bits per heavy atom. The molecule has 1 atom stereocenters. The zero-order valence-electron chi connectivity index (χ0n) is 12.4. The highest BCUT2D eigenvalue weighted by Crippen LogP contribution is 2.23. The lowest BCUT2D eigenvalue weighted by Gasteiger charge is -2.32. The predicted molar refractivity (Wildman–Crippen MR) is 78.7 cm³/mol. The standard InChI is InChI=1S/C13H27N3O3S/c1-14(7-5-11-17)20(18,19)16-10-6-13(12-16)15-8-3-2-4-9-15/h13,17H,2-12H2,1H3. The van der Waals surface area contributed by atoms with Gasteiger partial charge in [-0.3, -0.25) is 4.90 Å².